The Bertz CT molecular complexity index is 1030. The zero-order valence-corrected chi connectivity index (χ0v) is 14.5. The second-order valence-corrected chi connectivity index (χ2v) is 6.83. The molecule has 0 atom stereocenters. The number of piperidine rings is 1. The summed E-state index contributed by atoms with van der Waals surface area (Å²) in [6.07, 6.45) is 6.30. The molecule has 0 spiro atoms. The highest BCUT2D eigenvalue weighted by molar-refractivity contribution is 5.85. The third-order valence-corrected chi connectivity index (χ3v) is 5.13. The monoisotopic (exact) mass is 347 g/mol. The number of aromatic amines is 1. The molecule has 0 aliphatic carbocycles. The van der Waals surface area contributed by atoms with Crippen LogP contribution in [0, 0.1) is 0 Å². The quantitative estimate of drug-likeness (QED) is 0.616. The van der Waals surface area contributed by atoms with Crippen LogP contribution in [0.25, 0.3) is 16.6 Å². The van der Waals surface area contributed by atoms with Gasteiger partial charge in [0.2, 0.25) is 0 Å². The lowest BCUT2D eigenvalue weighted by Gasteiger charge is -2.31. The highest BCUT2D eigenvalue weighted by Gasteiger charge is 2.22. The molecule has 26 heavy (non-hydrogen) atoms. The van der Waals surface area contributed by atoms with E-state index in [0.717, 1.165) is 60.6 Å². The Balaban J connectivity index is 1.23. The molecule has 6 nitrogen and oxygen atoms in total. The molecule has 1 aromatic carbocycles. The Labute approximate surface area is 151 Å². The van der Waals surface area contributed by atoms with Crippen molar-refractivity contribution in [1.82, 2.24) is 24.5 Å². The van der Waals surface area contributed by atoms with Gasteiger partial charge in [0, 0.05) is 36.4 Å². The number of pyridine rings is 1. The second kappa shape index (κ2) is 6.46. The van der Waals surface area contributed by atoms with Crippen molar-refractivity contribution in [3.05, 3.63) is 60.7 Å². The number of fused-ring (bicyclic) bond motifs is 2. The SMILES string of the molecule is c1cc(OC2CCN(Cc3nnc4ccccn34)CC2)c2cc[nH]c2c1. The topological polar surface area (TPSA) is 58.4 Å². The van der Waals surface area contributed by atoms with Gasteiger partial charge in [0.15, 0.2) is 11.5 Å². The van der Waals surface area contributed by atoms with Crippen molar-refractivity contribution >= 4 is 16.6 Å². The molecule has 1 saturated heterocycles. The van der Waals surface area contributed by atoms with Crippen LogP contribution in [0.4, 0.5) is 0 Å². The molecular weight excluding hydrogens is 326 g/mol. The molecule has 6 heteroatoms. The van der Waals surface area contributed by atoms with E-state index < -0.39 is 0 Å². The Morgan fingerprint density at radius 1 is 1.04 bits per heavy atom. The van der Waals surface area contributed by atoms with Gasteiger partial charge in [0.05, 0.1) is 6.54 Å². The molecule has 4 aromatic rings. The Morgan fingerprint density at radius 3 is 2.88 bits per heavy atom. The largest absolute Gasteiger partial charge is 0.490 e. The summed E-state index contributed by atoms with van der Waals surface area (Å²) in [6.45, 7) is 2.84. The molecule has 1 N–H and O–H groups in total. The summed E-state index contributed by atoms with van der Waals surface area (Å²) in [5.74, 6) is 1.97. The third kappa shape index (κ3) is 2.82. The normalized spacial score (nSPS) is 16.5. The van der Waals surface area contributed by atoms with E-state index in [0.29, 0.717) is 0 Å². The number of ether oxygens (including phenoxy) is 1. The summed E-state index contributed by atoms with van der Waals surface area (Å²) >= 11 is 0. The average Bonchev–Trinajstić information content (AvgIpc) is 3.31. The van der Waals surface area contributed by atoms with Gasteiger partial charge in [-0.2, -0.15) is 0 Å². The van der Waals surface area contributed by atoms with Gasteiger partial charge in [-0.05, 0) is 43.2 Å². The van der Waals surface area contributed by atoms with E-state index in [1.807, 2.05) is 36.7 Å². The minimum Gasteiger partial charge on any atom is -0.490 e. The van der Waals surface area contributed by atoms with Crippen LogP contribution in [-0.4, -0.2) is 43.7 Å². The van der Waals surface area contributed by atoms with Crippen molar-refractivity contribution in [2.45, 2.75) is 25.5 Å². The van der Waals surface area contributed by atoms with Crippen molar-refractivity contribution in [2.24, 2.45) is 0 Å². The number of hydrogen-bond acceptors (Lipinski definition) is 4. The molecule has 0 amide bonds. The van der Waals surface area contributed by atoms with Crippen molar-refractivity contribution in [1.29, 1.82) is 0 Å². The van der Waals surface area contributed by atoms with Gasteiger partial charge in [0.1, 0.15) is 11.9 Å². The van der Waals surface area contributed by atoms with Gasteiger partial charge in [-0.1, -0.05) is 12.1 Å². The van der Waals surface area contributed by atoms with Crippen LogP contribution in [0.1, 0.15) is 18.7 Å². The van der Waals surface area contributed by atoms with E-state index in [1.54, 1.807) is 0 Å². The summed E-state index contributed by atoms with van der Waals surface area (Å²) in [5, 5.41) is 9.74. The molecule has 4 heterocycles. The van der Waals surface area contributed by atoms with Crippen LogP contribution < -0.4 is 4.74 Å². The molecule has 1 fully saturated rings. The maximum absolute atomic E-state index is 6.30. The highest BCUT2D eigenvalue weighted by Crippen LogP contribution is 2.27. The molecule has 1 aliphatic heterocycles. The molecule has 5 rings (SSSR count). The van der Waals surface area contributed by atoms with Gasteiger partial charge in [-0.3, -0.25) is 9.30 Å². The van der Waals surface area contributed by atoms with Gasteiger partial charge in [-0.25, -0.2) is 0 Å². The van der Waals surface area contributed by atoms with E-state index in [2.05, 4.69) is 42.7 Å². The third-order valence-electron chi connectivity index (χ3n) is 5.13. The summed E-state index contributed by atoms with van der Waals surface area (Å²) in [7, 11) is 0. The van der Waals surface area contributed by atoms with E-state index in [4.69, 9.17) is 4.74 Å². The van der Waals surface area contributed by atoms with Gasteiger partial charge < -0.3 is 9.72 Å². The molecule has 0 bridgehead atoms. The number of likely N-dealkylation sites (tertiary alicyclic amines) is 1. The lowest BCUT2D eigenvalue weighted by Crippen LogP contribution is -2.38. The van der Waals surface area contributed by atoms with Crippen molar-refractivity contribution in [3.63, 3.8) is 0 Å². The fourth-order valence-electron chi connectivity index (χ4n) is 3.72. The van der Waals surface area contributed by atoms with Crippen LogP contribution in [0.15, 0.2) is 54.9 Å². The van der Waals surface area contributed by atoms with Gasteiger partial charge >= 0.3 is 0 Å². The number of rotatable bonds is 4. The first kappa shape index (κ1) is 15.4. The Morgan fingerprint density at radius 2 is 1.96 bits per heavy atom. The van der Waals surface area contributed by atoms with Gasteiger partial charge in [-0.15, -0.1) is 10.2 Å². The molecule has 3 aromatic heterocycles. The summed E-state index contributed by atoms with van der Waals surface area (Å²) in [6, 6.07) is 14.2. The molecular formula is C20H21N5O. The minimum absolute atomic E-state index is 0.266. The standard InChI is InChI=1S/C20H21N5O/c1-2-11-25-19(6-1)22-23-20(25)14-24-12-8-15(9-13-24)26-18-5-3-4-17-16(18)7-10-21-17/h1-7,10-11,15,21H,8-9,12-14H2. The predicted molar refractivity (Wildman–Crippen MR) is 100 cm³/mol. The number of H-pyrrole nitrogens is 1. The zero-order valence-electron chi connectivity index (χ0n) is 14.5. The number of aromatic nitrogens is 4. The van der Waals surface area contributed by atoms with Crippen LogP contribution >= 0.6 is 0 Å². The fraction of sp³-hybridized carbons (Fsp3) is 0.300. The molecule has 0 radical (unpaired) electrons. The maximum atomic E-state index is 6.30. The summed E-state index contributed by atoms with van der Waals surface area (Å²) in [5.41, 5.74) is 2.03. The fourth-order valence-corrected chi connectivity index (χ4v) is 3.72. The summed E-state index contributed by atoms with van der Waals surface area (Å²) < 4.78 is 8.37. The van der Waals surface area contributed by atoms with Crippen LogP contribution in [0.5, 0.6) is 5.75 Å². The van der Waals surface area contributed by atoms with Crippen LogP contribution in [0.2, 0.25) is 0 Å². The van der Waals surface area contributed by atoms with Crippen molar-refractivity contribution < 1.29 is 4.74 Å². The van der Waals surface area contributed by atoms with Crippen molar-refractivity contribution in [3.8, 4) is 5.75 Å². The van der Waals surface area contributed by atoms with Gasteiger partial charge in [0.25, 0.3) is 0 Å². The maximum Gasteiger partial charge on any atom is 0.160 e. The zero-order chi connectivity index (χ0) is 17.3. The number of benzene rings is 1. The second-order valence-electron chi connectivity index (χ2n) is 6.83. The molecule has 132 valence electrons. The van der Waals surface area contributed by atoms with E-state index in [1.165, 1.54) is 0 Å². The average molecular weight is 347 g/mol. The highest BCUT2D eigenvalue weighted by atomic mass is 16.5. The number of nitrogens with zero attached hydrogens (tertiary/aromatic N) is 4. The van der Waals surface area contributed by atoms with E-state index >= 15 is 0 Å². The molecule has 1 aliphatic rings. The van der Waals surface area contributed by atoms with Crippen LogP contribution in [0.3, 0.4) is 0 Å². The molecule has 0 unspecified atom stereocenters. The minimum atomic E-state index is 0.266. The van der Waals surface area contributed by atoms with E-state index in [-0.39, 0.29) is 6.10 Å². The first-order chi connectivity index (χ1) is 12.9. The lowest BCUT2D eigenvalue weighted by atomic mass is 10.1. The van der Waals surface area contributed by atoms with Crippen LogP contribution in [-0.2, 0) is 6.54 Å². The number of nitrogens with one attached hydrogen (secondary N) is 1. The van der Waals surface area contributed by atoms with E-state index in [9.17, 15) is 0 Å². The Kier molecular flexibility index (Phi) is 3.83. The van der Waals surface area contributed by atoms with Crippen molar-refractivity contribution in [2.75, 3.05) is 13.1 Å². The smallest absolute Gasteiger partial charge is 0.160 e. The molecule has 0 saturated carbocycles. The number of hydrogen-bond donors (Lipinski definition) is 1. The first-order valence-electron chi connectivity index (χ1n) is 9.10. The first-order valence-corrected chi connectivity index (χ1v) is 9.10. The summed E-state index contributed by atoms with van der Waals surface area (Å²) in [4.78, 5) is 5.67. The Hall–Kier alpha value is -2.86. The predicted octanol–water partition coefficient (Wildman–Crippen LogP) is 3.25. The lowest BCUT2D eigenvalue weighted by molar-refractivity contribution is 0.0963.